The lowest BCUT2D eigenvalue weighted by molar-refractivity contribution is 0.831. The van der Waals surface area contributed by atoms with Crippen molar-refractivity contribution in [2.45, 2.75) is 60.8 Å². The first-order valence-corrected chi connectivity index (χ1v) is 11.3. The molecule has 0 aromatic heterocycles. The molecular formula is C24H32BI. The van der Waals surface area contributed by atoms with Gasteiger partial charge in [0.05, 0.1) is 0 Å². The topological polar surface area (TPSA) is 0 Å². The summed E-state index contributed by atoms with van der Waals surface area (Å²) in [5, 5.41) is 0. The van der Waals surface area contributed by atoms with Crippen molar-refractivity contribution < 1.29 is 0 Å². The summed E-state index contributed by atoms with van der Waals surface area (Å²) in [5.74, 6) is 2.46. The van der Waals surface area contributed by atoms with Crippen molar-refractivity contribution in [3.8, 4) is 0 Å². The van der Waals surface area contributed by atoms with Crippen molar-refractivity contribution in [1.29, 1.82) is 0 Å². The molecule has 138 valence electrons. The molecule has 0 unspecified atom stereocenters. The van der Waals surface area contributed by atoms with E-state index in [9.17, 15) is 0 Å². The Bertz CT molecular complexity index is 685. The van der Waals surface area contributed by atoms with E-state index in [0.29, 0.717) is 6.71 Å². The lowest BCUT2D eigenvalue weighted by Gasteiger charge is -2.22. The van der Waals surface area contributed by atoms with E-state index in [1.807, 2.05) is 0 Å². The van der Waals surface area contributed by atoms with Crippen LogP contribution in [0.2, 0.25) is 0 Å². The number of unbranched alkanes of at least 4 members (excludes halogenated alkanes) is 2. The molecule has 26 heavy (non-hydrogen) atoms. The van der Waals surface area contributed by atoms with Gasteiger partial charge in [0, 0.05) is 0 Å². The maximum Gasteiger partial charge on any atom is 0.235 e. The lowest BCUT2D eigenvalue weighted by atomic mass is 9.37. The summed E-state index contributed by atoms with van der Waals surface area (Å²) in [4.78, 5) is 0. The molecule has 2 rings (SSSR count). The van der Waals surface area contributed by atoms with Crippen LogP contribution in [-0.4, -0.2) is 11.1 Å². The Labute approximate surface area is 174 Å². The van der Waals surface area contributed by atoms with Gasteiger partial charge in [0.2, 0.25) is 6.71 Å². The molecule has 0 saturated heterocycles. The van der Waals surface area contributed by atoms with Gasteiger partial charge in [0.15, 0.2) is 0 Å². The summed E-state index contributed by atoms with van der Waals surface area (Å²) in [6.07, 6.45) is 6.17. The number of rotatable bonds is 7. The molecule has 2 aromatic carbocycles. The van der Waals surface area contributed by atoms with Crippen LogP contribution in [-0.2, 0) is 0 Å². The Balaban J connectivity index is 2.54. The third kappa shape index (κ3) is 5.25. The van der Waals surface area contributed by atoms with E-state index in [4.69, 9.17) is 0 Å². The van der Waals surface area contributed by atoms with Gasteiger partial charge in [-0.05, 0) is 65.2 Å². The monoisotopic (exact) mass is 458 g/mol. The molecule has 0 N–H and O–H groups in total. The van der Waals surface area contributed by atoms with Crippen LogP contribution in [0.1, 0.15) is 52.6 Å². The van der Waals surface area contributed by atoms with Gasteiger partial charge in [0.1, 0.15) is 0 Å². The normalized spacial score (nSPS) is 11.3. The fourth-order valence-corrected chi connectivity index (χ4v) is 4.83. The van der Waals surface area contributed by atoms with E-state index in [2.05, 4.69) is 100 Å². The molecule has 0 radical (unpaired) electrons. The lowest BCUT2D eigenvalue weighted by Crippen LogP contribution is -2.46. The van der Waals surface area contributed by atoms with E-state index in [-0.39, 0.29) is 0 Å². The highest BCUT2D eigenvalue weighted by Crippen LogP contribution is 2.13. The van der Waals surface area contributed by atoms with Crippen LogP contribution in [0.15, 0.2) is 36.3 Å². The maximum atomic E-state index is 2.47. The molecular weight excluding hydrogens is 426 g/mol. The van der Waals surface area contributed by atoms with Crippen LogP contribution >= 0.6 is 22.6 Å². The molecule has 0 aliphatic heterocycles. The Morgan fingerprint density at radius 1 is 0.731 bits per heavy atom. The minimum Gasteiger partial charge on any atom is -0.109 e. The van der Waals surface area contributed by atoms with E-state index >= 15 is 0 Å². The second-order valence-corrected chi connectivity index (χ2v) is 8.79. The van der Waals surface area contributed by atoms with Crippen molar-refractivity contribution in [3.63, 3.8) is 0 Å². The molecule has 0 nitrogen and oxygen atoms in total. The molecule has 0 atom stereocenters. The average Bonchev–Trinajstić information content (AvgIpc) is 2.52. The Morgan fingerprint density at radius 3 is 1.54 bits per heavy atom. The highest BCUT2D eigenvalue weighted by atomic mass is 127. The minimum atomic E-state index is 0.343. The van der Waals surface area contributed by atoms with Gasteiger partial charge in [-0.25, -0.2) is 0 Å². The fraction of sp³-hybridized carbons (Fsp3) is 0.417. The molecule has 0 heterocycles. The van der Waals surface area contributed by atoms with Crippen LogP contribution in [0.5, 0.6) is 0 Å². The Kier molecular flexibility index (Phi) is 8.00. The highest BCUT2D eigenvalue weighted by Gasteiger charge is 2.23. The third-order valence-corrected chi connectivity index (χ3v) is 5.94. The zero-order chi connectivity index (χ0) is 19.3. The van der Waals surface area contributed by atoms with E-state index in [0.717, 1.165) is 0 Å². The summed E-state index contributed by atoms with van der Waals surface area (Å²) in [5.41, 5.74) is 11.3. The van der Waals surface area contributed by atoms with E-state index < -0.39 is 0 Å². The molecule has 0 bridgehead atoms. The van der Waals surface area contributed by atoms with Crippen LogP contribution in [0, 0.1) is 41.5 Å². The molecule has 0 fully saturated rings. The van der Waals surface area contributed by atoms with E-state index in [1.54, 1.807) is 0 Å². The van der Waals surface area contributed by atoms with Gasteiger partial charge in [-0.3, -0.25) is 0 Å². The minimum absolute atomic E-state index is 0.343. The molecule has 2 heteroatoms. The first-order valence-electron chi connectivity index (χ1n) is 9.73. The van der Waals surface area contributed by atoms with Gasteiger partial charge in [-0.15, -0.1) is 5.98 Å². The van der Waals surface area contributed by atoms with Crippen LogP contribution in [0.4, 0.5) is 0 Å². The zero-order valence-electron chi connectivity index (χ0n) is 17.2. The zero-order valence-corrected chi connectivity index (χ0v) is 19.4. The Morgan fingerprint density at radius 2 is 1.15 bits per heavy atom. The van der Waals surface area contributed by atoms with E-state index in [1.165, 1.54) is 68.0 Å². The van der Waals surface area contributed by atoms with Gasteiger partial charge in [-0.1, -0.05) is 97.2 Å². The van der Waals surface area contributed by atoms with Crippen molar-refractivity contribution in [2.24, 2.45) is 0 Å². The number of alkyl halides is 1. The number of halogens is 1. The number of aryl methyl sites for hydroxylation is 6. The summed E-state index contributed by atoms with van der Waals surface area (Å²) in [6.45, 7) is 13.8. The molecule has 0 saturated carbocycles. The molecule has 2 aromatic rings. The second kappa shape index (κ2) is 9.78. The summed E-state index contributed by atoms with van der Waals surface area (Å²) >= 11 is 2.47. The predicted octanol–water partition coefficient (Wildman–Crippen LogP) is 5.85. The number of benzene rings is 2. The van der Waals surface area contributed by atoms with Gasteiger partial charge < -0.3 is 0 Å². The van der Waals surface area contributed by atoms with Crippen LogP contribution < -0.4 is 10.9 Å². The molecule has 0 amide bonds. The van der Waals surface area contributed by atoms with Gasteiger partial charge >= 0.3 is 0 Å². The number of allylic oxidation sites excluding steroid dienone is 1. The fourth-order valence-electron chi connectivity index (χ4n) is 4.29. The summed E-state index contributed by atoms with van der Waals surface area (Å²) < 4.78 is 1.25. The molecule has 0 spiro atoms. The van der Waals surface area contributed by atoms with Crippen molar-refractivity contribution >= 4 is 40.2 Å². The predicted molar refractivity (Wildman–Crippen MR) is 128 cm³/mol. The average molecular weight is 458 g/mol. The second-order valence-electron chi connectivity index (χ2n) is 7.72. The maximum absolute atomic E-state index is 2.47. The molecule has 0 aliphatic rings. The first kappa shape index (κ1) is 21.3. The summed E-state index contributed by atoms with van der Waals surface area (Å²) in [7, 11) is 0. The van der Waals surface area contributed by atoms with Gasteiger partial charge in [-0.2, -0.15) is 0 Å². The van der Waals surface area contributed by atoms with Gasteiger partial charge in [0.25, 0.3) is 0 Å². The molecule has 0 aliphatic carbocycles. The van der Waals surface area contributed by atoms with Crippen molar-refractivity contribution in [1.82, 2.24) is 0 Å². The SMILES string of the molecule is Cc1cc(C)c(B(/C=C/CCCCI)c2c(C)cc(C)cc2C)c(C)c1. The van der Waals surface area contributed by atoms with Crippen LogP contribution in [0.25, 0.3) is 0 Å². The number of hydrogen-bond acceptors (Lipinski definition) is 0. The standard InChI is InChI=1S/C24H32BI/c1-17-13-19(3)23(20(4)14-17)25(11-9-7-8-10-12-26)24-21(5)15-18(2)16-22(24)6/h9,11,13-16H,7-8,10,12H2,1-6H3/b11-9+. The smallest absolute Gasteiger partial charge is 0.109 e. The highest BCUT2D eigenvalue weighted by molar-refractivity contribution is 14.1. The summed E-state index contributed by atoms with van der Waals surface area (Å²) in [6, 6.07) is 9.33. The number of hydrogen-bond donors (Lipinski definition) is 0. The van der Waals surface area contributed by atoms with Crippen molar-refractivity contribution in [3.05, 3.63) is 69.7 Å². The first-order chi connectivity index (χ1) is 12.3. The van der Waals surface area contributed by atoms with Crippen LogP contribution in [0.3, 0.4) is 0 Å². The quantitative estimate of drug-likeness (QED) is 0.212. The van der Waals surface area contributed by atoms with Crippen molar-refractivity contribution in [2.75, 3.05) is 4.43 Å². The third-order valence-electron chi connectivity index (χ3n) is 5.18. The largest absolute Gasteiger partial charge is 0.235 e. The Hall–Kier alpha value is -1.03.